The number of anilines is 3. The van der Waals surface area contributed by atoms with Crippen LogP contribution < -0.4 is 15.0 Å². The van der Waals surface area contributed by atoms with Crippen molar-refractivity contribution in [2.75, 3.05) is 61.5 Å². The Labute approximate surface area is 428 Å². The molecule has 2 aliphatic rings. The van der Waals surface area contributed by atoms with Gasteiger partial charge in [-0.3, -0.25) is 29.0 Å². The Hall–Kier alpha value is -7.42. The van der Waals surface area contributed by atoms with Crippen LogP contribution >= 0.6 is 23.5 Å². The molecule has 1 atom stereocenters. The number of nitrogens with one attached hydrogen (secondary N) is 1. The van der Waals surface area contributed by atoms with Crippen LogP contribution in [0, 0.1) is 0 Å². The van der Waals surface area contributed by atoms with Crippen molar-refractivity contribution in [2.24, 2.45) is 0 Å². The molecule has 72 heavy (non-hydrogen) atoms. The smallest absolute Gasteiger partial charge is 0.321 e. The van der Waals surface area contributed by atoms with Crippen molar-refractivity contribution >= 4 is 75.2 Å². The number of esters is 1. The number of amides is 3. The van der Waals surface area contributed by atoms with Gasteiger partial charge in [0.25, 0.3) is 11.8 Å². The van der Waals surface area contributed by atoms with Crippen molar-refractivity contribution in [3.63, 3.8) is 0 Å². The van der Waals surface area contributed by atoms with Gasteiger partial charge in [0.15, 0.2) is 0 Å². The third kappa shape index (κ3) is 11.2. The van der Waals surface area contributed by atoms with Gasteiger partial charge in [0.2, 0.25) is 5.91 Å². The number of para-hydroxylation sites is 2. The minimum absolute atomic E-state index is 0.106. The van der Waals surface area contributed by atoms with Gasteiger partial charge in [-0.1, -0.05) is 97.1 Å². The minimum Gasteiger partial charge on any atom is -0.426 e. The molecule has 13 heteroatoms. The topological polar surface area (TPSA) is 107 Å². The monoisotopic (exact) mass is 990 g/mol. The van der Waals surface area contributed by atoms with Crippen LogP contribution in [0.5, 0.6) is 5.75 Å². The summed E-state index contributed by atoms with van der Waals surface area (Å²) in [5.41, 5.74) is 6.18. The molecule has 10 rings (SSSR count). The zero-order valence-electron chi connectivity index (χ0n) is 39.9. The standard InChI is InChI=1S/C59H54N6O5S2/c1-61-31-33-62(34-32-61)38-47-35-42-15-11-12-16-43(42)37-63(47)58(68)52-36-44(60-56(66)40-71-49-19-7-3-8-20-49)25-30-55(52)64-39-53(51-23-13-14-24-54(51)64)59(69)65(45-17-5-2-6-18-45)46-26-28-48(29-27-46)70-57(67)41-72-50-21-9-4-10-22-50/h2-30,36,39,47H,31-35,37-38,40-41H2,1H3,(H,60,66)/t47-/m0/s1. The molecule has 0 spiro atoms. The van der Waals surface area contributed by atoms with E-state index in [9.17, 15) is 9.59 Å². The second-order valence-corrected chi connectivity index (χ2v) is 20.1. The van der Waals surface area contributed by atoms with Crippen molar-refractivity contribution in [1.82, 2.24) is 19.3 Å². The fourth-order valence-corrected chi connectivity index (χ4v) is 10.9. The van der Waals surface area contributed by atoms with E-state index >= 15 is 9.59 Å². The third-order valence-corrected chi connectivity index (χ3v) is 15.1. The maximum Gasteiger partial charge on any atom is 0.321 e. The van der Waals surface area contributed by atoms with Gasteiger partial charge in [-0.05, 0) is 110 Å². The number of aromatic nitrogens is 1. The van der Waals surface area contributed by atoms with E-state index in [1.54, 1.807) is 35.2 Å². The molecule has 0 saturated carbocycles. The number of likely N-dealkylation sites (N-methyl/N-ethyl adjacent to an activating group) is 1. The number of hydrogen-bond acceptors (Lipinski definition) is 9. The number of ether oxygens (including phenoxy) is 1. The highest BCUT2D eigenvalue weighted by molar-refractivity contribution is 8.00. The summed E-state index contributed by atoms with van der Waals surface area (Å²) < 4.78 is 7.64. The summed E-state index contributed by atoms with van der Waals surface area (Å²) in [4.78, 5) is 67.8. The Balaban J connectivity index is 1.00. The SMILES string of the molecule is CN1CCN(C[C@@H]2Cc3ccccc3CN2C(=O)c2cc(NC(=O)CSc3ccccc3)ccc2-n2cc(C(=O)N(c3ccccc3)c3ccc(OC(=O)CSc4ccccc4)cc3)c3ccccc32)CC1. The number of nitrogens with zero attached hydrogens (tertiary/aromatic N) is 5. The van der Waals surface area contributed by atoms with Crippen LogP contribution in [0.25, 0.3) is 16.6 Å². The van der Waals surface area contributed by atoms with E-state index in [-0.39, 0.29) is 41.2 Å². The number of carbonyl (C=O) groups excluding carboxylic acids is 4. The highest BCUT2D eigenvalue weighted by Gasteiger charge is 2.34. The molecule has 0 bridgehead atoms. The van der Waals surface area contributed by atoms with E-state index in [4.69, 9.17) is 4.74 Å². The molecule has 0 radical (unpaired) electrons. The maximum absolute atomic E-state index is 15.7. The lowest BCUT2D eigenvalue weighted by Crippen LogP contribution is -2.53. The number of fused-ring (bicyclic) bond motifs is 2. The van der Waals surface area contributed by atoms with Crippen molar-refractivity contribution in [3.8, 4) is 11.4 Å². The van der Waals surface area contributed by atoms with Gasteiger partial charge < -0.3 is 24.4 Å². The molecule has 3 amide bonds. The number of hydrogen-bond donors (Lipinski definition) is 1. The molecule has 0 unspecified atom stereocenters. The Morgan fingerprint density at radius 3 is 1.96 bits per heavy atom. The molecule has 1 aromatic heterocycles. The van der Waals surface area contributed by atoms with Crippen molar-refractivity contribution < 1.29 is 23.9 Å². The molecule has 0 aliphatic carbocycles. The second-order valence-electron chi connectivity index (χ2n) is 18.0. The van der Waals surface area contributed by atoms with Crippen molar-refractivity contribution in [3.05, 3.63) is 210 Å². The first kappa shape index (κ1) is 48.2. The Bertz CT molecular complexity index is 3200. The molecule has 2 aliphatic heterocycles. The van der Waals surface area contributed by atoms with Crippen LogP contribution in [-0.2, 0) is 22.6 Å². The first-order valence-corrected chi connectivity index (χ1v) is 26.1. The van der Waals surface area contributed by atoms with Crippen molar-refractivity contribution in [2.45, 2.75) is 28.8 Å². The van der Waals surface area contributed by atoms with Gasteiger partial charge >= 0.3 is 5.97 Å². The summed E-state index contributed by atoms with van der Waals surface area (Å²) in [6, 6.07) is 57.3. The third-order valence-electron chi connectivity index (χ3n) is 13.2. The van der Waals surface area contributed by atoms with Crippen LogP contribution in [0.1, 0.15) is 31.8 Å². The zero-order chi connectivity index (χ0) is 49.4. The number of piperazine rings is 1. The summed E-state index contributed by atoms with van der Waals surface area (Å²) >= 11 is 2.85. The van der Waals surface area contributed by atoms with Gasteiger partial charge in [0.05, 0.1) is 33.8 Å². The van der Waals surface area contributed by atoms with E-state index in [1.165, 1.54) is 29.1 Å². The van der Waals surface area contributed by atoms with Crippen LogP contribution in [-0.4, -0.2) is 100 Å². The lowest BCUT2D eigenvalue weighted by molar-refractivity contribution is -0.131. The van der Waals surface area contributed by atoms with Gasteiger partial charge in [0, 0.05) is 83.7 Å². The van der Waals surface area contributed by atoms with Gasteiger partial charge in [-0.2, -0.15) is 0 Å². The first-order valence-electron chi connectivity index (χ1n) is 24.1. The first-order chi connectivity index (χ1) is 35.2. The lowest BCUT2D eigenvalue weighted by Gasteiger charge is -2.41. The fraction of sp³-hybridized carbons (Fsp3) is 0.186. The maximum atomic E-state index is 15.7. The summed E-state index contributed by atoms with van der Waals surface area (Å²) in [6.45, 7) is 4.93. The van der Waals surface area contributed by atoms with E-state index < -0.39 is 0 Å². The molecular formula is C59H54N6O5S2. The number of benzene rings is 7. The highest BCUT2D eigenvalue weighted by atomic mass is 32.2. The zero-order valence-corrected chi connectivity index (χ0v) is 41.6. The quantitative estimate of drug-likeness (QED) is 0.0610. The Morgan fingerprint density at radius 1 is 0.639 bits per heavy atom. The normalized spacial score (nSPS) is 14.9. The molecule has 1 saturated heterocycles. The number of thioether (sulfide) groups is 2. The molecule has 362 valence electrons. The molecule has 7 aromatic carbocycles. The molecule has 1 fully saturated rings. The van der Waals surface area contributed by atoms with Gasteiger partial charge in [-0.15, -0.1) is 23.5 Å². The molecule has 11 nitrogen and oxygen atoms in total. The second kappa shape index (κ2) is 22.3. The molecule has 8 aromatic rings. The fourth-order valence-electron chi connectivity index (χ4n) is 9.44. The summed E-state index contributed by atoms with van der Waals surface area (Å²) in [5, 5.41) is 3.78. The van der Waals surface area contributed by atoms with Crippen LogP contribution in [0.3, 0.4) is 0 Å². The lowest BCUT2D eigenvalue weighted by atomic mass is 9.92. The predicted octanol–water partition coefficient (Wildman–Crippen LogP) is 10.9. The van der Waals surface area contributed by atoms with Gasteiger partial charge in [0.1, 0.15) is 5.75 Å². The van der Waals surface area contributed by atoms with Crippen LogP contribution in [0.4, 0.5) is 17.1 Å². The molecular weight excluding hydrogens is 937 g/mol. The minimum atomic E-state index is -0.383. The van der Waals surface area contributed by atoms with E-state index in [0.29, 0.717) is 58.0 Å². The summed E-state index contributed by atoms with van der Waals surface area (Å²) in [7, 11) is 2.15. The summed E-state index contributed by atoms with van der Waals surface area (Å²) in [5.74, 6) is -0.332. The van der Waals surface area contributed by atoms with Crippen molar-refractivity contribution in [1.29, 1.82) is 0 Å². The van der Waals surface area contributed by atoms with E-state index in [0.717, 1.165) is 53.6 Å². The Morgan fingerprint density at radius 2 is 1.25 bits per heavy atom. The number of rotatable bonds is 15. The van der Waals surface area contributed by atoms with Gasteiger partial charge in [-0.25, -0.2) is 0 Å². The molecule has 3 heterocycles. The van der Waals surface area contributed by atoms with Crippen LogP contribution in [0.15, 0.2) is 198 Å². The largest absolute Gasteiger partial charge is 0.426 e. The van der Waals surface area contributed by atoms with E-state index in [2.05, 4.69) is 40.4 Å². The molecule has 1 N–H and O–H groups in total. The number of carbonyl (C=O) groups is 4. The summed E-state index contributed by atoms with van der Waals surface area (Å²) in [6.07, 6.45) is 2.53. The predicted molar refractivity (Wildman–Crippen MR) is 289 cm³/mol. The van der Waals surface area contributed by atoms with E-state index in [1.807, 2.05) is 149 Å². The Kier molecular flexibility index (Phi) is 15.0. The average Bonchev–Trinajstić information content (AvgIpc) is 3.81. The highest BCUT2D eigenvalue weighted by Crippen LogP contribution is 2.36. The average molecular weight is 991 g/mol. The van der Waals surface area contributed by atoms with Crippen LogP contribution in [0.2, 0.25) is 0 Å².